The number of nitrogens with two attached hydrogens (primary N) is 1. The molecule has 0 spiro atoms. The van der Waals surface area contributed by atoms with Crippen LogP contribution in [-0.4, -0.2) is 32.1 Å². The molecule has 2 unspecified atom stereocenters. The Balaban J connectivity index is 2.38. The molecule has 0 saturated heterocycles. The number of nitrogen functional groups attached to an aromatic ring is 1. The van der Waals surface area contributed by atoms with E-state index in [9.17, 15) is 9.59 Å². The van der Waals surface area contributed by atoms with Crippen LogP contribution in [0, 0.1) is 5.92 Å². The second-order valence-corrected chi connectivity index (χ2v) is 5.60. The molecule has 104 valence electrons. The Labute approximate surface area is 115 Å². The Morgan fingerprint density at radius 2 is 2.11 bits per heavy atom. The smallest absolute Gasteiger partial charge is 0.350 e. The second-order valence-electron chi connectivity index (χ2n) is 4.58. The molecule has 7 heteroatoms. The third-order valence-corrected chi connectivity index (χ3v) is 4.31. The lowest BCUT2D eigenvalue weighted by atomic mass is 10.2. The molecule has 2 rings (SSSR count). The molecule has 0 aromatic carbocycles. The summed E-state index contributed by atoms with van der Waals surface area (Å²) < 4.78 is 4.67. The van der Waals surface area contributed by atoms with Crippen LogP contribution in [0.2, 0.25) is 0 Å². The first-order chi connectivity index (χ1) is 8.99. The molecular formula is C12H17N3O3S. The molecule has 1 heterocycles. The molecular weight excluding hydrogens is 266 g/mol. The fourth-order valence-corrected chi connectivity index (χ4v) is 2.93. The lowest BCUT2D eigenvalue weighted by Crippen LogP contribution is -2.20. The number of carbonyl (C=O) groups excluding carboxylic acids is 2. The lowest BCUT2D eigenvalue weighted by molar-refractivity contribution is 0.0607. The SMILES string of the molecule is CNC(=O)c1c(NC2CC2C)sc(C(=O)OC)c1N. The van der Waals surface area contributed by atoms with Gasteiger partial charge in [-0.25, -0.2) is 4.79 Å². The molecule has 1 aliphatic rings. The van der Waals surface area contributed by atoms with Crippen LogP contribution in [0.1, 0.15) is 33.4 Å². The van der Waals surface area contributed by atoms with Crippen molar-refractivity contribution in [2.75, 3.05) is 25.2 Å². The van der Waals surface area contributed by atoms with E-state index in [-0.39, 0.29) is 16.5 Å². The van der Waals surface area contributed by atoms with Gasteiger partial charge in [-0.1, -0.05) is 6.92 Å². The highest BCUT2D eigenvalue weighted by Crippen LogP contribution is 2.40. The van der Waals surface area contributed by atoms with E-state index < -0.39 is 5.97 Å². The summed E-state index contributed by atoms with van der Waals surface area (Å²) in [5.41, 5.74) is 6.40. The molecule has 4 N–H and O–H groups in total. The van der Waals surface area contributed by atoms with Gasteiger partial charge in [0.1, 0.15) is 9.88 Å². The molecule has 1 fully saturated rings. The lowest BCUT2D eigenvalue weighted by Gasteiger charge is -2.06. The zero-order chi connectivity index (χ0) is 14.2. The summed E-state index contributed by atoms with van der Waals surface area (Å²) in [7, 11) is 2.82. The van der Waals surface area contributed by atoms with E-state index in [0.717, 1.165) is 17.8 Å². The predicted octanol–water partition coefficient (Wildman–Crippen LogP) is 1.30. The molecule has 0 aliphatic heterocycles. The molecule has 2 atom stereocenters. The topological polar surface area (TPSA) is 93.5 Å². The van der Waals surface area contributed by atoms with Gasteiger partial charge in [0, 0.05) is 13.1 Å². The second kappa shape index (κ2) is 5.08. The third kappa shape index (κ3) is 2.51. The highest BCUT2D eigenvalue weighted by atomic mass is 32.1. The van der Waals surface area contributed by atoms with Crippen molar-refractivity contribution < 1.29 is 14.3 Å². The van der Waals surface area contributed by atoms with Gasteiger partial charge in [0.2, 0.25) is 0 Å². The van der Waals surface area contributed by atoms with Gasteiger partial charge in [0.15, 0.2) is 0 Å². The van der Waals surface area contributed by atoms with Gasteiger partial charge in [-0.2, -0.15) is 0 Å². The predicted molar refractivity (Wildman–Crippen MR) is 74.7 cm³/mol. The van der Waals surface area contributed by atoms with Crippen LogP contribution in [-0.2, 0) is 4.74 Å². The maximum atomic E-state index is 11.9. The first kappa shape index (κ1) is 13.7. The first-order valence-electron chi connectivity index (χ1n) is 5.98. The van der Waals surface area contributed by atoms with Crippen molar-refractivity contribution in [1.82, 2.24) is 5.32 Å². The van der Waals surface area contributed by atoms with Crippen LogP contribution in [0.15, 0.2) is 0 Å². The number of ether oxygens (including phenoxy) is 1. The number of hydrogen-bond acceptors (Lipinski definition) is 6. The van der Waals surface area contributed by atoms with Crippen LogP contribution in [0.4, 0.5) is 10.7 Å². The number of thiophene rings is 1. The van der Waals surface area contributed by atoms with E-state index in [2.05, 4.69) is 22.3 Å². The largest absolute Gasteiger partial charge is 0.465 e. The summed E-state index contributed by atoms with van der Waals surface area (Å²) in [6.07, 6.45) is 1.05. The van der Waals surface area contributed by atoms with E-state index >= 15 is 0 Å². The highest BCUT2D eigenvalue weighted by Gasteiger charge is 2.35. The van der Waals surface area contributed by atoms with Crippen molar-refractivity contribution >= 4 is 33.9 Å². The van der Waals surface area contributed by atoms with Gasteiger partial charge in [-0.05, 0) is 12.3 Å². The monoisotopic (exact) mass is 283 g/mol. The van der Waals surface area contributed by atoms with Gasteiger partial charge >= 0.3 is 5.97 Å². The van der Waals surface area contributed by atoms with Gasteiger partial charge in [0.05, 0.1) is 18.4 Å². The highest BCUT2D eigenvalue weighted by molar-refractivity contribution is 7.19. The minimum atomic E-state index is -0.524. The van der Waals surface area contributed by atoms with E-state index in [0.29, 0.717) is 22.5 Å². The minimum Gasteiger partial charge on any atom is -0.465 e. The fourth-order valence-electron chi connectivity index (χ4n) is 1.83. The maximum absolute atomic E-state index is 11.9. The van der Waals surface area contributed by atoms with Crippen molar-refractivity contribution in [2.24, 2.45) is 5.92 Å². The summed E-state index contributed by atoms with van der Waals surface area (Å²) in [4.78, 5) is 23.8. The number of esters is 1. The molecule has 1 amide bonds. The number of amides is 1. The number of methoxy groups -OCH3 is 1. The molecule has 1 aromatic heterocycles. The van der Waals surface area contributed by atoms with E-state index in [1.807, 2.05) is 0 Å². The van der Waals surface area contributed by atoms with Gasteiger partial charge in [0.25, 0.3) is 5.91 Å². The Hall–Kier alpha value is -1.76. The molecule has 0 radical (unpaired) electrons. The Morgan fingerprint density at radius 3 is 2.58 bits per heavy atom. The van der Waals surface area contributed by atoms with Gasteiger partial charge in [-0.15, -0.1) is 11.3 Å². The summed E-state index contributed by atoms with van der Waals surface area (Å²) in [6.45, 7) is 2.12. The molecule has 6 nitrogen and oxygen atoms in total. The van der Waals surface area contributed by atoms with Crippen molar-refractivity contribution in [2.45, 2.75) is 19.4 Å². The van der Waals surface area contributed by atoms with E-state index in [1.54, 1.807) is 0 Å². The number of carbonyl (C=O) groups is 2. The minimum absolute atomic E-state index is 0.173. The summed E-state index contributed by atoms with van der Waals surface area (Å²) in [6, 6.07) is 0.340. The van der Waals surface area contributed by atoms with Crippen molar-refractivity contribution in [3.8, 4) is 0 Å². The zero-order valence-corrected chi connectivity index (χ0v) is 11.9. The average Bonchev–Trinajstić information content (AvgIpc) is 2.98. The van der Waals surface area contributed by atoms with Gasteiger partial charge < -0.3 is 21.1 Å². The third-order valence-electron chi connectivity index (χ3n) is 3.20. The number of rotatable bonds is 4. The number of hydrogen-bond donors (Lipinski definition) is 3. The number of nitrogens with one attached hydrogen (secondary N) is 2. The molecule has 1 aromatic rings. The normalized spacial score (nSPS) is 20.8. The van der Waals surface area contributed by atoms with Gasteiger partial charge in [-0.3, -0.25) is 4.79 Å². The fraction of sp³-hybridized carbons (Fsp3) is 0.500. The maximum Gasteiger partial charge on any atom is 0.350 e. The standard InChI is InChI=1S/C12H17N3O3S/c1-5-4-6(5)15-11-7(10(16)14-2)8(13)9(19-11)12(17)18-3/h5-6,15H,4,13H2,1-3H3,(H,14,16). The summed E-state index contributed by atoms with van der Waals surface area (Å²) >= 11 is 1.16. The first-order valence-corrected chi connectivity index (χ1v) is 6.80. The summed E-state index contributed by atoms with van der Waals surface area (Å²) in [5, 5.41) is 6.42. The Bertz CT molecular complexity index is 527. The van der Waals surface area contributed by atoms with Crippen LogP contribution < -0.4 is 16.4 Å². The molecule has 19 heavy (non-hydrogen) atoms. The van der Waals surface area contributed by atoms with Crippen LogP contribution >= 0.6 is 11.3 Å². The Morgan fingerprint density at radius 1 is 1.47 bits per heavy atom. The number of anilines is 2. The van der Waals surface area contributed by atoms with E-state index in [1.165, 1.54) is 14.2 Å². The molecule has 1 aliphatic carbocycles. The van der Waals surface area contributed by atoms with Crippen LogP contribution in [0.5, 0.6) is 0 Å². The van der Waals surface area contributed by atoms with E-state index in [4.69, 9.17) is 5.73 Å². The van der Waals surface area contributed by atoms with Crippen molar-refractivity contribution in [3.63, 3.8) is 0 Å². The van der Waals surface area contributed by atoms with Crippen molar-refractivity contribution in [3.05, 3.63) is 10.4 Å². The average molecular weight is 283 g/mol. The van der Waals surface area contributed by atoms with Crippen LogP contribution in [0.3, 0.4) is 0 Å². The van der Waals surface area contributed by atoms with Crippen LogP contribution in [0.25, 0.3) is 0 Å². The molecule has 0 bridgehead atoms. The Kier molecular flexibility index (Phi) is 3.66. The molecule has 1 saturated carbocycles. The zero-order valence-electron chi connectivity index (χ0n) is 11.1. The quantitative estimate of drug-likeness (QED) is 0.724. The summed E-state index contributed by atoms with van der Waals surface area (Å²) in [5.74, 6) is -0.258. The van der Waals surface area contributed by atoms with Crippen molar-refractivity contribution in [1.29, 1.82) is 0 Å².